The monoisotopic (exact) mass is 331 g/mol. The SMILES string of the molecule is Cc1cc(C)cc(C(=O)N[C@H](Cc2ccc(Cl)cc2)C(=O)O)c1. The van der Waals surface area contributed by atoms with Gasteiger partial charge in [-0.1, -0.05) is 40.9 Å². The second-order valence-corrected chi connectivity index (χ2v) is 6.01. The van der Waals surface area contributed by atoms with Crippen LogP contribution in [0.15, 0.2) is 42.5 Å². The number of hydrogen-bond donors (Lipinski definition) is 2. The number of hydrogen-bond acceptors (Lipinski definition) is 2. The van der Waals surface area contributed by atoms with E-state index >= 15 is 0 Å². The van der Waals surface area contributed by atoms with Crippen molar-refractivity contribution in [3.63, 3.8) is 0 Å². The van der Waals surface area contributed by atoms with Gasteiger partial charge in [0.25, 0.3) is 5.91 Å². The minimum atomic E-state index is -1.07. The number of carbonyl (C=O) groups excluding carboxylic acids is 1. The molecule has 0 fully saturated rings. The summed E-state index contributed by atoms with van der Waals surface area (Å²) in [7, 11) is 0. The molecule has 0 saturated carbocycles. The molecule has 0 aliphatic carbocycles. The van der Waals surface area contributed by atoms with Crippen LogP contribution in [0.2, 0.25) is 5.02 Å². The summed E-state index contributed by atoms with van der Waals surface area (Å²) in [6, 6.07) is 11.3. The highest BCUT2D eigenvalue weighted by atomic mass is 35.5. The van der Waals surface area contributed by atoms with Crippen LogP contribution < -0.4 is 5.32 Å². The van der Waals surface area contributed by atoms with Gasteiger partial charge in [-0.05, 0) is 43.7 Å². The van der Waals surface area contributed by atoms with Gasteiger partial charge in [0, 0.05) is 17.0 Å². The summed E-state index contributed by atoms with van der Waals surface area (Å²) in [4.78, 5) is 23.7. The Morgan fingerprint density at radius 1 is 1.09 bits per heavy atom. The number of carboxylic acid groups (broad SMARTS) is 1. The van der Waals surface area contributed by atoms with E-state index in [-0.39, 0.29) is 6.42 Å². The maximum absolute atomic E-state index is 12.3. The number of carboxylic acids is 1. The van der Waals surface area contributed by atoms with Crippen LogP contribution in [-0.2, 0) is 11.2 Å². The van der Waals surface area contributed by atoms with Crippen LogP contribution >= 0.6 is 11.6 Å². The van der Waals surface area contributed by atoms with Gasteiger partial charge >= 0.3 is 5.97 Å². The molecule has 2 aromatic rings. The summed E-state index contributed by atoms with van der Waals surface area (Å²) in [6.07, 6.45) is 0.197. The molecule has 4 nitrogen and oxygen atoms in total. The lowest BCUT2D eigenvalue weighted by atomic mass is 10.0. The minimum absolute atomic E-state index is 0.197. The molecule has 0 bridgehead atoms. The fourth-order valence-corrected chi connectivity index (χ4v) is 2.53. The van der Waals surface area contributed by atoms with E-state index in [9.17, 15) is 14.7 Å². The highest BCUT2D eigenvalue weighted by Crippen LogP contribution is 2.13. The largest absolute Gasteiger partial charge is 0.480 e. The first-order valence-corrected chi connectivity index (χ1v) is 7.59. The molecule has 23 heavy (non-hydrogen) atoms. The first-order valence-electron chi connectivity index (χ1n) is 7.21. The normalized spacial score (nSPS) is 11.8. The lowest BCUT2D eigenvalue weighted by Crippen LogP contribution is -2.42. The summed E-state index contributed by atoms with van der Waals surface area (Å²) in [5, 5.41) is 12.5. The van der Waals surface area contributed by atoms with E-state index in [1.807, 2.05) is 19.9 Å². The van der Waals surface area contributed by atoms with Crippen molar-refractivity contribution in [3.05, 3.63) is 69.7 Å². The Morgan fingerprint density at radius 2 is 1.65 bits per heavy atom. The van der Waals surface area contributed by atoms with Crippen LogP contribution in [0.1, 0.15) is 27.0 Å². The van der Waals surface area contributed by atoms with Crippen LogP contribution in [-0.4, -0.2) is 23.0 Å². The van der Waals surface area contributed by atoms with Gasteiger partial charge in [-0.25, -0.2) is 4.79 Å². The average Bonchev–Trinajstić information content (AvgIpc) is 2.47. The van der Waals surface area contributed by atoms with Crippen molar-refractivity contribution < 1.29 is 14.7 Å². The molecule has 0 saturated heterocycles. The van der Waals surface area contributed by atoms with Crippen molar-refractivity contribution in [1.29, 1.82) is 0 Å². The van der Waals surface area contributed by atoms with E-state index < -0.39 is 17.9 Å². The molecule has 0 spiro atoms. The quantitative estimate of drug-likeness (QED) is 0.882. The lowest BCUT2D eigenvalue weighted by molar-refractivity contribution is -0.139. The number of rotatable bonds is 5. The van der Waals surface area contributed by atoms with Crippen molar-refractivity contribution in [2.24, 2.45) is 0 Å². The van der Waals surface area contributed by atoms with Crippen LogP contribution in [0.4, 0.5) is 0 Å². The number of amides is 1. The summed E-state index contributed by atoms with van der Waals surface area (Å²) in [5.74, 6) is -1.46. The summed E-state index contributed by atoms with van der Waals surface area (Å²) < 4.78 is 0. The van der Waals surface area contributed by atoms with Gasteiger partial charge < -0.3 is 10.4 Å². The summed E-state index contributed by atoms with van der Waals surface area (Å²) in [5.41, 5.74) is 3.17. The zero-order chi connectivity index (χ0) is 17.0. The molecular weight excluding hydrogens is 314 g/mol. The Kier molecular flexibility index (Phi) is 5.40. The van der Waals surface area contributed by atoms with Crippen molar-refractivity contribution in [2.45, 2.75) is 26.3 Å². The Labute approximate surface area is 140 Å². The van der Waals surface area contributed by atoms with E-state index in [2.05, 4.69) is 5.32 Å². The Bertz CT molecular complexity index is 705. The van der Waals surface area contributed by atoms with Crippen molar-refractivity contribution in [3.8, 4) is 0 Å². The molecule has 0 aliphatic heterocycles. The first kappa shape index (κ1) is 17.0. The number of benzene rings is 2. The first-order chi connectivity index (χ1) is 10.8. The highest BCUT2D eigenvalue weighted by Gasteiger charge is 2.21. The zero-order valence-corrected chi connectivity index (χ0v) is 13.7. The van der Waals surface area contributed by atoms with Gasteiger partial charge in [0.05, 0.1) is 0 Å². The van der Waals surface area contributed by atoms with Crippen LogP contribution in [0, 0.1) is 13.8 Å². The number of aryl methyl sites for hydroxylation is 2. The fraction of sp³-hybridized carbons (Fsp3) is 0.222. The second kappa shape index (κ2) is 7.29. The molecule has 0 unspecified atom stereocenters. The molecule has 1 atom stereocenters. The molecule has 0 radical (unpaired) electrons. The Balaban J connectivity index is 2.14. The van der Waals surface area contributed by atoms with E-state index in [4.69, 9.17) is 11.6 Å². The van der Waals surface area contributed by atoms with E-state index in [1.54, 1.807) is 36.4 Å². The van der Waals surface area contributed by atoms with Gasteiger partial charge in [0.2, 0.25) is 0 Å². The minimum Gasteiger partial charge on any atom is -0.480 e. The molecule has 1 amide bonds. The van der Waals surface area contributed by atoms with Crippen molar-refractivity contribution in [2.75, 3.05) is 0 Å². The van der Waals surface area contributed by atoms with E-state index in [1.165, 1.54) is 0 Å². The molecule has 0 heterocycles. The molecular formula is C18H18ClNO3. The zero-order valence-electron chi connectivity index (χ0n) is 13.0. The third-order valence-corrected chi connectivity index (χ3v) is 3.69. The third-order valence-electron chi connectivity index (χ3n) is 3.44. The standard InChI is InChI=1S/C18H18ClNO3/c1-11-7-12(2)9-14(8-11)17(21)20-16(18(22)23)10-13-3-5-15(19)6-4-13/h3-9,16H,10H2,1-2H3,(H,20,21)(H,22,23)/t16-/m1/s1. The van der Waals surface area contributed by atoms with E-state index in [0.29, 0.717) is 10.6 Å². The summed E-state index contributed by atoms with van der Waals surface area (Å²) in [6.45, 7) is 3.79. The van der Waals surface area contributed by atoms with Gasteiger partial charge in [0.15, 0.2) is 0 Å². The lowest BCUT2D eigenvalue weighted by Gasteiger charge is -2.15. The second-order valence-electron chi connectivity index (χ2n) is 5.57. The number of carbonyl (C=O) groups is 2. The maximum Gasteiger partial charge on any atom is 0.326 e. The van der Waals surface area contributed by atoms with Crippen LogP contribution in [0.5, 0.6) is 0 Å². The molecule has 2 rings (SSSR count). The Hall–Kier alpha value is -2.33. The molecule has 0 aromatic heterocycles. The smallest absolute Gasteiger partial charge is 0.326 e. The predicted octanol–water partition coefficient (Wildman–Crippen LogP) is 3.38. The van der Waals surface area contributed by atoms with Gasteiger partial charge in [-0.2, -0.15) is 0 Å². The van der Waals surface area contributed by atoms with Crippen LogP contribution in [0.25, 0.3) is 0 Å². The van der Waals surface area contributed by atoms with Crippen molar-refractivity contribution >= 4 is 23.5 Å². The molecule has 0 aliphatic rings. The Morgan fingerprint density at radius 3 is 2.17 bits per heavy atom. The third kappa shape index (κ3) is 4.83. The highest BCUT2D eigenvalue weighted by molar-refractivity contribution is 6.30. The molecule has 2 N–H and O–H groups in total. The fourth-order valence-electron chi connectivity index (χ4n) is 2.40. The predicted molar refractivity (Wildman–Crippen MR) is 90.0 cm³/mol. The van der Waals surface area contributed by atoms with Crippen LogP contribution in [0.3, 0.4) is 0 Å². The van der Waals surface area contributed by atoms with Gasteiger partial charge in [-0.15, -0.1) is 0 Å². The van der Waals surface area contributed by atoms with Crippen molar-refractivity contribution in [1.82, 2.24) is 5.32 Å². The van der Waals surface area contributed by atoms with Gasteiger partial charge in [0.1, 0.15) is 6.04 Å². The maximum atomic E-state index is 12.3. The molecule has 120 valence electrons. The number of halogens is 1. The van der Waals surface area contributed by atoms with Gasteiger partial charge in [-0.3, -0.25) is 4.79 Å². The molecule has 2 aromatic carbocycles. The number of nitrogens with one attached hydrogen (secondary N) is 1. The topological polar surface area (TPSA) is 66.4 Å². The van der Waals surface area contributed by atoms with E-state index in [0.717, 1.165) is 16.7 Å². The molecule has 5 heteroatoms. The average molecular weight is 332 g/mol. The number of aliphatic carboxylic acids is 1. The summed E-state index contributed by atoms with van der Waals surface area (Å²) >= 11 is 5.82.